The van der Waals surface area contributed by atoms with Gasteiger partial charge in [-0.1, -0.05) is 13.0 Å². The highest BCUT2D eigenvalue weighted by Crippen LogP contribution is 2.35. The summed E-state index contributed by atoms with van der Waals surface area (Å²) in [6.07, 6.45) is 2.83. The van der Waals surface area contributed by atoms with Crippen LogP contribution in [0.3, 0.4) is 0 Å². The number of hydrogen-bond acceptors (Lipinski definition) is 4. The van der Waals surface area contributed by atoms with Gasteiger partial charge in [-0.3, -0.25) is 4.99 Å². The fraction of sp³-hybridized carbons (Fsp3) is 0.667. The number of nitrogens with zero attached hydrogens (tertiary/aromatic N) is 2. The van der Waals surface area contributed by atoms with Gasteiger partial charge < -0.3 is 20.3 Å². The third-order valence-corrected chi connectivity index (χ3v) is 6.95. The minimum atomic E-state index is -0.510. The summed E-state index contributed by atoms with van der Waals surface area (Å²) in [6.45, 7) is 8.47. The topological polar surface area (TPSA) is 48.9 Å². The Labute approximate surface area is 176 Å². The van der Waals surface area contributed by atoms with Crippen molar-refractivity contribution in [3.63, 3.8) is 0 Å². The molecule has 2 saturated heterocycles. The summed E-state index contributed by atoms with van der Waals surface area (Å²) < 4.78 is 33.9. The molecule has 1 aromatic carbocycles. The highest BCUT2D eigenvalue weighted by atomic mass is 32.2. The Morgan fingerprint density at radius 3 is 2.66 bits per heavy atom. The molecule has 1 atom stereocenters. The van der Waals surface area contributed by atoms with Crippen molar-refractivity contribution in [2.75, 3.05) is 50.0 Å². The van der Waals surface area contributed by atoms with Gasteiger partial charge in [0.15, 0.2) is 5.96 Å². The zero-order chi connectivity index (χ0) is 20.7. The molecule has 0 aromatic heterocycles. The number of thioether (sulfide) groups is 1. The molecule has 2 aliphatic heterocycles. The van der Waals surface area contributed by atoms with E-state index >= 15 is 0 Å². The summed E-state index contributed by atoms with van der Waals surface area (Å²) in [5, 5.41) is 6.78. The summed E-state index contributed by atoms with van der Waals surface area (Å²) in [4.78, 5) is 6.65. The first-order valence-electron chi connectivity index (χ1n) is 10.5. The van der Waals surface area contributed by atoms with Crippen LogP contribution in [-0.2, 0) is 4.74 Å². The standard InChI is InChI=1S/C21H32F2N4OS/c1-3-24-20(25-15-21(29-4-2)9-12-28-13-10-21)26-16-8-11-27(14-16)19-17(22)6-5-7-18(19)23/h5-7,16H,3-4,8-15H2,1-2H3,(H2,24,25,26). The number of halogens is 2. The smallest absolute Gasteiger partial charge is 0.191 e. The summed E-state index contributed by atoms with van der Waals surface area (Å²) in [5.41, 5.74) is 0.0687. The van der Waals surface area contributed by atoms with Crippen molar-refractivity contribution in [1.29, 1.82) is 0 Å². The molecule has 0 amide bonds. The molecule has 3 rings (SSSR count). The van der Waals surface area contributed by atoms with Crippen LogP contribution in [0.1, 0.15) is 33.1 Å². The average Bonchev–Trinajstić information content (AvgIpc) is 3.15. The van der Waals surface area contributed by atoms with E-state index in [1.165, 1.54) is 18.2 Å². The quantitative estimate of drug-likeness (QED) is 0.517. The number of anilines is 1. The van der Waals surface area contributed by atoms with Crippen molar-refractivity contribution in [3.05, 3.63) is 29.8 Å². The second-order valence-corrected chi connectivity index (χ2v) is 9.30. The summed E-state index contributed by atoms with van der Waals surface area (Å²) in [5.74, 6) is 0.815. The van der Waals surface area contributed by atoms with E-state index in [1.54, 1.807) is 4.90 Å². The molecule has 1 aromatic rings. The molecule has 2 aliphatic rings. The minimum Gasteiger partial charge on any atom is -0.381 e. The molecule has 2 fully saturated rings. The predicted molar refractivity (Wildman–Crippen MR) is 117 cm³/mol. The molecule has 0 spiro atoms. The molecule has 29 heavy (non-hydrogen) atoms. The van der Waals surface area contributed by atoms with Gasteiger partial charge in [-0.25, -0.2) is 8.78 Å². The first kappa shape index (κ1) is 22.2. The molecule has 162 valence electrons. The van der Waals surface area contributed by atoms with Crippen LogP contribution in [-0.4, -0.2) is 61.9 Å². The van der Waals surface area contributed by atoms with Gasteiger partial charge in [-0.15, -0.1) is 0 Å². The predicted octanol–water partition coefficient (Wildman–Crippen LogP) is 3.40. The lowest BCUT2D eigenvalue weighted by atomic mass is 9.99. The van der Waals surface area contributed by atoms with E-state index < -0.39 is 11.6 Å². The lowest BCUT2D eigenvalue weighted by molar-refractivity contribution is 0.0793. The van der Waals surface area contributed by atoms with Gasteiger partial charge in [-0.2, -0.15) is 11.8 Å². The van der Waals surface area contributed by atoms with E-state index in [0.717, 1.165) is 57.3 Å². The number of benzene rings is 1. The Morgan fingerprint density at radius 2 is 2.00 bits per heavy atom. The second-order valence-electron chi connectivity index (χ2n) is 7.57. The Bertz CT molecular complexity index is 671. The number of rotatable bonds is 7. The fourth-order valence-electron chi connectivity index (χ4n) is 4.01. The Kier molecular flexibility index (Phi) is 8.00. The van der Waals surface area contributed by atoms with E-state index in [2.05, 4.69) is 17.6 Å². The average molecular weight is 427 g/mol. The van der Waals surface area contributed by atoms with Crippen LogP contribution in [0.4, 0.5) is 14.5 Å². The van der Waals surface area contributed by atoms with Crippen LogP contribution >= 0.6 is 11.8 Å². The van der Waals surface area contributed by atoms with E-state index in [4.69, 9.17) is 9.73 Å². The number of guanidine groups is 1. The number of nitrogens with one attached hydrogen (secondary N) is 2. The number of hydrogen-bond donors (Lipinski definition) is 2. The zero-order valence-corrected chi connectivity index (χ0v) is 18.2. The van der Waals surface area contributed by atoms with Crippen molar-refractivity contribution < 1.29 is 13.5 Å². The van der Waals surface area contributed by atoms with Gasteiger partial charge in [0.05, 0.1) is 6.54 Å². The van der Waals surface area contributed by atoms with Gasteiger partial charge in [-0.05, 0) is 44.1 Å². The number of para-hydroxylation sites is 1. The normalized spacial score (nSPS) is 22.0. The molecule has 0 radical (unpaired) electrons. The van der Waals surface area contributed by atoms with Gasteiger partial charge in [0.2, 0.25) is 0 Å². The van der Waals surface area contributed by atoms with Crippen LogP contribution in [0, 0.1) is 11.6 Å². The van der Waals surface area contributed by atoms with Crippen LogP contribution in [0.2, 0.25) is 0 Å². The van der Waals surface area contributed by atoms with E-state index in [0.29, 0.717) is 13.1 Å². The molecular weight excluding hydrogens is 394 g/mol. The monoisotopic (exact) mass is 426 g/mol. The van der Waals surface area contributed by atoms with Crippen LogP contribution in [0.25, 0.3) is 0 Å². The molecule has 0 bridgehead atoms. The second kappa shape index (κ2) is 10.5. The Balaban J connectivity index is 1.64. The van der Waals surface area contributed by atoms with Crippen molar-refractivity contribution in [2.45, 2.75) is 43.9 Å². The first-order chi connectivity index (χ1) is 14.1. The van der Waals surface area contributed by atoms with Gasteiger partial charge in [0.1, 0.15) is 17.3 Å². The van der Waals surface area contributed by atoms with Crippen LogP contribution in [0.15, 0.2) is 23.2 Å². The van der Waals surface area contributed by atoms with E-state index in [9.17, 15) is 8.78 Å². The molecule has 2 heterocycles. The SMILES string of the molecule is CCNC(=NCC1(SCC)CCOCC1)NC1CCN(c2c(F)cccc2F)C1. The van der Waals surface area contributed by atoms with Crippen molar-refractivity contribution >= 4 is 23.4 Å². The minimum absolute atomic E-state index is 0.0687. The number of aliphatic imine (C=N–C) groups is 1. The maximum atomic E-state index is 14.1. The maximum Gasteiger partial charge on any atom is 0.191 e. The molecule has 2 N–H and O–H groups in total. The van der Waals surface area contributed by atoms with E-state index in [-0.39, 0.29) is 16.5 Å². The number of ether oxygens (including phenoxy) is 1. The van der Waals surface area contributed by atoms with Gasteiger partial charge in [0, 0.05) is 43.6 Å². The summed E-state index contributed by atoms with van der Waals surface area (Å²) in [7, 11) is 0. The molecule has 5 nitrogen and oxygen atoms in total. The van der Waals surface area contributed by atoms with Crippen molar-refractivity contribution in [1.82, 2.24) is 10.6 Å². The van der Waals surface area contributed by atoms with Gasteiger partial charge >= 0.3 is 0 Å². The summed E-state index contributed by atoms with van der Waals surface area (Å²) >= 11 is 1.97. The highest BCUT2D eigenvalue weighted by Gasteiger charge is 2.33. The lowest BCUT2D eigenvalue weighted by Crippen LogP contribution is -2.46. The molecule has 0 aliphatic carbocycles. The third kappa shape index (κ3) is 5.75. The van der Waals surface area contributed by atoms with Gasteiger partial charge in [0.25, 0.3) is 0 Å². The maximum absolute atomic E-state index is 14.1. The van der Waals surface area contributed by atoms with Crippen LogP contribution < -0.4 is 15.5 Å². The van der Waals surface area contributed by atoms with Crippen molar-refractivity contribution in [2.24, 2.45) is 4.99 Å². The van der Waals surface area contributed by atoms with E-state index in [1.807, 2.05) is 18.7 Å². The molecule has 8 heteroatoms. The Morgan fingerprint density at radius 1 is 1.28 bits per heavy atom. The molecule has 0 saturated carbocycles. The molecular formula is C21H32F2N4OS. The summed E-state index contributed by atoms with van der Waals surface area (Å²) in [6, 6.07) is 4.11. The fourth-order valence-corrected chi connectivity index (χ4v) is 5.23. The molecule has 1 unspecified atom stereocenters. The first-order valence-corrected chi connectivity index (χ1v) is 11.5. The third-order valence-electron chi connectivity index (χ3n) is 5.51. The Hall–Kier alpha value is -1.54. The zero-order valence-electron chi connectivity index (χ0n) is 17.3. The highest BCUT2D eigenvalue weighted by molar-refractivity contribution is 8.00. The van der Waals surface area contributed by atoms with Crippen LogP contribution in [0.5, 0.6) is 0 Å². The lowest BCUT2D eigenvalue weighted by Gasteiger charge is -2.35. The largest absolute Gasteiger partial charge is 0.381 e. The van der Waals surface area contributed by atoms with Crippen molar-refractivity contribution in [3.8, 4) is 0 Å².